The molecule has 2 N–H and O–H groups in total. The highest BCUT2D eigenvalue weighted by molar-refractivity contribution is 6.08. The lowest BCUT2D eigenvalue weighted by molar-refractivity contribution is -0.117. The van der Waals surface area contributed by atoms with Gasteiger partial charge in [0, 0.05) is 38.8 Å². The molecule has 1 saturated heterocycles. The smallest absolute Gasteiger partial charge is 0.249 e. The van der Waals surface area contributed by atoms with Gasteiger partial charge in [0.1, 0.15) is 0 Å². The fourth-order valence-corrected chi connectivity index (χ4v) is 3.00. The highest BCUT2D eigenvalue weighted by Gasteiger charge is 2.23. The number of hydrogen-bond donors (Lipinski definition) is 2. The van der Waals surface area contributed by atoms with Gasteiger partial charge in [-0.25, -0.2) is 0 Å². The summed E-state index contributed by atoms with van der Waals surface area (Å²) in [6, 6.07) is 0. The summed E-state index contributed by atoms with van der Waals surface area (Å²) in [5, 5.41) is 6.27. The summed E-state index contributed by atoms with van der Waals surface area (Å²) in [6.07, 6.45) is 5.95. The van der Waals surface area contributed by atoms with E-state index in [0.717, 1.165) is 70.2 Å². The summed E-state index contributed by atoms with van der Waals surface area (Å²) in [5.41, 5.74) is 2.36. The normalized spacial score (nSPS) is 19.9. The summed E-state index contributed by atoms with van der Waals surface area (Å²) in [6.45, 7) is 9.92. The van der Waals surface area contributed by atoms with Crippen molar-refractivity contribution < 1.29 is 9.53 Å². The lowest BCUT2D eigenvalue weighted by atomic mass is 10.1. The van der Waals surface area contributed by atoms with Crippen molar-refractivity contribution in [3.63, 3.8) is 0 Å². The maximum absolute atomic E-state index is 12.5. The molecule has 7 heteroatoms. The zero-order valence-electron chi connectivity index (χ0n) is 17.1. The molecule has 0 atom stereocenters. The molecule has 1 heterocycles. The number of allylic oxidation sites excluding steroid dienone is 1. The van der Waals surface area contributed by atoms with E-state index in [4.69, 9.17) is 4.74 Å². The molecule has 7 nitrogen and oxygen atoms in total. The fourth-order valence-electron chi connectivity index (χ4n) is 3.00. The topological polar surface area (TPSA) is 78.3 Å². The van der Waals surface area contributed by atoms with Gasteiger partial charge in [-0.2, -0.15) is 0 Å². The largest absolute Gasteiger partial charge is 0.379 e. The fraction of sp³-hybridized carbons (Fsp3) is 0.750. The zero-order chi connectivity index (χ0) is 19.5. The Bertz CT molecular complexity index is 561. The molecule has 2 rings (SSSR count). The lowest BCUT2D eigenvalue weighted by Gasteiger charge is -2.25. The number of morpholine rings is 1. The van der Waals surface area contributed by atoms with Crippen molar-refractivity contribution >= 4 is 18.0 Å². The summed E-state index contributed by atoms with van der Waals surface area (Å²) in [7, 11) is 1.78. The molecule has 2 aliphatic rings. The number of hydrogen-bond acceptors (Lipinski definition) is 5. The monoisotopic (exact) mass is 377 g/mol. The highest BCUT2D eigenvalue weighted by Crippen LogP contribution is 2.27. The molecule has 1 aliphatic carbocycles. The van der Waals surface area contributed by atoms with Crippen molar-refractivity contribution in [3.05, 3.63) is 11.3 Å². The van der Waals surface area contributed by atoms with Crippen LogP contribution in [0.5, 0.6) is 0 Å². The molecular weight excluding hydrogens is 342 g/mol. The Labute approximate surface area is 163 Å². The van der Waals surface area contributed by atoms with Crippen LogP contribution in [0, 0.1) is 5.92 Å². The van der Waals surface area contributed by atoms with Gasteiger partial charge in [0.05, 0.1) is 37.5 Å². The minimum atomic E-state index is -0.0247. The van der Waals surface area contributed by atoms with E-state index in [1.165, 1.54) is 12.8 Å². The quantitative estimate of drug-likeness (QED) is 0.326. The summed E-state index contributed by atoms with van der Waals surface area (Å²) < 4.78 is 5.36. The third-order valence-electron chi connectivity index (χ3n) is 4.96. The minimum absolute atomic E-state index is 0.0247. The Morgan fingerprint density at radius 3 is 2.67 bits per heavy atom. The van der Waals surface area contributed by atoms with E-state index < -0.39 is 0 Å². The maximum Gasteiger partial charge on any atom is 0.249 e. The van der Waals surface area contributed by atoms with Gasteiger partial charge in [-0.05, 0) is 32.1 Å². The first-order chi connectivity index (χ1) is 13.2. The first-order valence-corrected chi connectivity index (χ1v) is 10.2. The molecule has 152 valence electrons. The predicted octanol–water partition coefficient (Wildman–Crippen LogP) is 1.61. The lowest BCUT2D eigenvalue weighted by Crippen LogP contribution is -2.37. The summed E-state index contributed by atoms with van der Waals surface area (Å²) in [5.74, 6) is 0.637. The third-order valence-corrected chi connectivity index (χ3v) is 4.96. The molecule has 2 fully saturated rings. The molecular formula is C20H35N5O2. The average Bonchev–Trinajstić information content (AvgIpc) is 3.52. The van der Waals surface area contributed by atoms with Gasteiger partial charge >= 0.3 is 0 Å². The van der Waals surface area contributed by atoms with Crippen LogP contribution in [0.15, 0.2) is 21.3 Å². The number of rotatable bonds is 11. The number of amides is 1. The van der Waals surface area contributed by atoms with Gasteiger partial charge in [0.25, 0.3) is 0 Å². The first kappa shape index (κ1) is 21.6. The van der Waals surface area contributed by atoms with Crippen molar-refractivity contribution in [2.24, 2.45) is 15.9 Å². The van der Waals surface area contributed by atoms with Gasteiger partial charge < -0.3 is 15.4 Å². The second-order valence-corrected chi connectivity index (χ2v) is 7.21. The molecule has 0 bridgehead atoms. The van der Waals surface area contributed by atoms with Crippen molar-refractivity contribution in [1.82, 2.24) is 15.5 Å². The van der Waals surface area contributed by atoms with Crippen LogP contribution in [-0.4, -0.2) is 75.8 Å². The van der Waals surface area contributed by atoms with Crippen LogP contribution in [0.1, 0.15) is 39.5 Å². The van der Waals surface area contributed by atoms with Crippen molar-refractivity contribution in [2.75, 3.05) is 53.0 Å². The molecule has 27 heavy (non-hydrogen) atoms. The maximum atomic E-state index is 12.5. The van der Waals surface area contributed by atoms with E-state index in [9.17, 15) is 4.79 Å². The molecule has 1 saturated carbocycles. The Kier molecular flexibility index (Phi) is 9.48. The van der Waals surface area contributed by atoms with E-state index in [2.05, 4.69) is 32.4 Å². The number of carbonyl (C=O) groups excluding carboxylic acids is 1. The number of nitrogens with zero attached hydrogens (tertiary/aromatic N) is 3. The van der Waals surface area contributed by atoms with E-state index in [1.54, 1.807) is 13.4 Å². The summed E-state index contributed by atoms with van der Waals surface area (Å²) in [4.78, 5) is 23.7. The Morgan fingerprint density at radius 2 is 2.04 bits per heavy atom. The van der Waals surface area contributed by atoms with Crippen LogP contribution in [-0.2, 0) is 9.53 Å². The Hall–Kier alpha value is -1.73. The highest BCUT2D eigenvalue weighted by atomic mass is 16.5. The first-order valence-electron chi connectivity index (χ1n) is 10.2. The van der Waals surface area contributed by atoms with Crippen molar-refractivity contribution in [3.8, 4) is 0 Å². The zero-order valence-corrected chi connectivity index (χ0v) is 17.1. The number of carbonyl (C=O) groups is 1. The molecule has 0 aromatic carbocycles. The SMILES string of the molecule is CCCC(=NC)/C(NC=NCCN1CCOCC1)=C(\C)C(=O)NCC1CC1. The Morgan fingerprint density at radius 1 is 1.30 bits per heavy atom. The van der Waals surface area contributed by atoms with Gasteiger partial charge in [-0.3, -0.25) is 19.7 Å². The third kappa shape index (κ3) is 7.81. The second-order valence-electron chi connectivity index (χ2n) is 7.21. The van der Waals surface area contributed by atoms with E-state index in [-0.39, 0.29) is 5.91 Å². The van der Waals surface area contributed by atoms with Crippen LogP contribution in [0.4, 0.5) is 0 Å². The van der Waals surface area contributed by atoms with Crippen LogP contribution < -0.4 is 10.6 Å². The Balaban J connectivity index is 1.92. The van der Waals surface area contributed by atoms with Crippen molar-refractivity contribution in [1.29, 1.82) is 0 Å². The van der Waals surface area contributed by atoms with E-state index in [0.29, 0.717) is 11.5 Å². The number of aliphatic imine (C=N–C) groups is 2. The minimum Gasteiger partial charge on any atom is -0.379 e. The molecule has 0 unspecified atom stereocenters. The molecule has 0 aromatic rings. The number of nitrogens with one attached hydrogen (secondary N) is 2. The predicted molar refractivity (Wildman–Crippen MR) is 110 cm³/mol. The van der Waals surface area contributed by atoms with E-state index >= 15 is 0 Å². The van der Waals surface area contributed by atoms with Crippen LogP contribution >= 0.6 is 0 Å². The van der Waals surface area contributed by atoms with Gasteiger partial charge in [0.2, 0.25) is 5.91 Å². The van der Waals surface area contributed by atoms with E-state index in [1.807, 2.05) is 6.92 Å². The van der Waals surface area contributed by atoms with Gasteiger partial charge in [-0.15, -0.1) is 0 Å². The van der Waals surface area contributed by atoms with Crippen LogP contribution in [0.2, 0.25) is 0 Å². The molecule has 0 radical (unpaired) electrons. The standard InChI is InChI=1S/C20H35N5O2/c1-4-5-18(21-3)19(16(2)20(26)23-14-17-6-7-17)24-15-22-8-9-25-10-12-27-13-11-25/h15,17H,4-14H2,1-3H3,(H,22,24)(H,23,26)/b19-16-,21-18?. The molecule has 0 aromatic heterocycles. The van der Waals surface area contributed by atoms with Crippen LogP contribution in [0.25, 0.3) is 0 Å². The van der Waals surface area contributed by atoms with Crippen LogP contribution in [0.3, 0.4) is 0 Å². The van der Waals surface area contributed by atoms with Gasteiger partial charge in [0.15, 0.2) is 0 Å². The van der Waals surface area contributed by atoms with Crippen molar-refractivity contribution in [2.45, 2.75) is 39.5 Å². The second kappa shape index (κ2) is 11.9. The summed E-state index contributed by atoms with van der Waals surface area (Å²) >= 11 is 0. The average molecular weight is 378 g/mol. The van der Waals surface area contributed by atoms with Gasteiger partial charge in [-0.1, -0.05) is 13.3 Å². The molecule has 1 amide bonds. The number of ether oxygens (including phenoxy) is 1. The molecule has 0 spiro atoms. The molecule has 1 aliphatic heterocycles.